The minimum Gasteiger partial charge on any atom is -0.436 e. The third kappa shape index (κ3) is 2.60. The van der Waals surface area contributed by atoms with Gasteiger partial charge in [-0.15, -0.1) is 0 Å². The zero-order valence-electron chi connectivity index (χ0n) is 15.8. The summed E-state index contributed by atoms with van der Waals surface area (Å²) >= 11 is 0. The number of benzene rings is 4. The van der Waals surface area contributed by atoms with Crippen LogP contribution in [0.4, 0.5) is 0 Å². The molecule has 0 bridgehead atoms. The normalized spacial score (nSPS) is 12.3. The van der Waals surface area contributed by atoms with Gasteiger partial charge in [0, 0.05) is 10.9 Å². The van der Waals surface area contributed by atoms with Gasteiger partial charge in [0.25, 0.3) is 0 Å². The lowest BCUT2D eigenvalue weighted by atomic mass is 9.85. The minimum atomic E-state index is 0.100. The number of oxazole rings is 1. The molecule has 0 saturated carbocycles. The van der Waals surface area contributed by atoms with Crippen LogP contribution in [0, 0.1) is 0 Å². The van der Waals surface area contributed by atoms with Crippen molar-refractivity contribution in [3.05, 3.63) is 78.4 Å². The molecule has 5 aromatic rings. The number of rotatable bonds is 1. The van der Waals surface area contributed by atoms with Crippen molar-refractivity contribution in [2.24, 2.45) is 0 Å². The van der Waals surface area contributed by atoms with Crippen LogP contribution in [0.5, 0.6) is 0 Å². The van der Waals surface area contributed by atoms with E-state index in [4.69, 9.17) is 9.40 Å². The molecule has 0 amide bonds. The molecular formula is C25H21NO. The van der Waals surface area contributed by atoms with Crippen molar-refractivity contribution in [3.8, 4) is 11.5 Å². The number of hydrogen-bond acceptors (Lipinski definition) is 2. The second kappa shape index (κ2) is 5.68. The fraction of sp³-hybridized carbons (Fsp3) is 0.160. The highest BCUT2D eigenvalue weighted by Gasteiger charge is 2.17. The predicted molar refractivity (Wildman–Crippen MR) is 113 cm³/mol. The Labute approximate surface area is 158 Å². The Morgan fingerprint density at radius 2 is 1.48 bits per heavy atom. The third-order valence-corrected chi connectivity index (χ3v) is 5.24. The van der Waals surface area contributed by atoms with E-state index in [1.54, 1.807) is 0 Å². The largest absolute Gasteiger partial charge is 0.436 e. The molecule has 0 aliphatic rings. The molecule has 2 nitrogen and oxygen atoms in total. The molecule has 0 atom stereocenters. The summed E-state index contributed by atoms with van der Waals surface area (Å²) in [6.45, 7) is 6.75. The van der Waals surface area contributed by atoms with Gasteiger partial charge in [-0.05, 0) is 51.4 Å². The topological polar surface area (TPSA) is 26.0 Å². The molecule has 0 saturated heterocycles. The standard InChI is InChI=1S/C25H21NO/c1-25(2,3)19-13-11-16-9-10-17-12-14-21-23(22(17)20(16)15-19)26-24(27-21)18-7-5-4-6-8-18/h4-15H,1-3H3. The number of fused-ring (bicyclic) bond motifs is 5. The molecule has 0 N–H and O–H groups in total. The van der Waals surface area contributed by atoms with E-state index in [0.717, 1.165) is 16.7 Å². The first-order valence-electron chi connectivity index (χ1n) is 9.33. The van der Waals surface area contributed by atoms with Crippen molar-refractivity contribution in [2.75, 3.05) is 0 Å². The van der Waals surface area contributed by atoms with Crippen LogP contribution in [0.25, 0.3) is 44.1 Å². The van der Waals surface area contributed by atoms with E-state index in [1.807, 2.05) is 36.4 Å². The molecule has 2 heteroatoms. The molecule has 0 aliphatic heterocycles. The van der Waals surface area contributed by atoms with E-state index in [9.17, 15) is 0 Å². The maximum atomic E-state index is 6.10. The molecule has 0 unspecified atom stereocenters. The number of nitrogens with zero attached hydrogens (tertiary/aromatic N) is 1. The highest BCUT2D eigenvalue weighted by Crippen LogP contribution is 2.36. The lowest BCUT2D eigenvalue weighted by molar-refractivity contribution is 0.591. The zero-order chi connectivity index (χ0) is 18.6. The summed E-state index contributed by atoms with van der Waals surface area (Å²) in [5, 5.41) is 4.82. The molecule has 0 radical (unpaired) electrons. The molecular weight excluding hydrogens is 330 g/mol. The molecule has 132 valence electrons. The number of hydrogen-bond donors (Lipinski definition) is 0. The van der Waals surface area contributed by atoms with E-state index in [2.05, 4.69) is 57.2 Å². The quantitative estimate of drug-likeness (QED) is 0.301. The van der Waals surface area contributed by atoms with Crippen LogP contribution in [0.15, 0.2) is 77.2 Å². The maximum Gasteiger partial charge on any atom is 0.227 e. The van der Waals surface area contributed by atoms with Gasteiger partial charge in [-0.2, -0.15) is 0 Å². The SMILES string of the molecule is CC(C)(C)c1ccc2ccc3ccc4oc(-c5ccccc5)nc4c3c2c1. The summed E-state index contributed by atoms with van der Waals surface area (Å²) in [6.07, 6.45) is 0. The van der Waals surface area contributed by atoms with E-state index >= 15 is 0 Å². The van der Waals surface area contributed by atoms with Crippen LogP contribution in [0.3, 0.4) is 0 Å². The summed E-state index contributed by atoms with van der Waals surface area (Å²) < 4.78 is 6.10. The maximum absolute atomic E-state index is 6.10. The molecule has 0 aliphatic carbocycles. The van der Waals surface area contributed by atoms with Crippen LogP contribution < -0.4 is 0 Å². The smallest absolute Gasteiger partial charge is 0.227 e. The van der Waals surface area contributed by atoms with Gasteiger partial charge < -0.3 is 4.42 Å². The van der Waals surface area contributed by atoms with Gasteiger partial charge in [0.1, 0.15) is 5.52 Å². The monoisotopic (exact) mass is 351 g/mol. The van der Waals surface area contributed by atoms with Gasteiger partial charge in [0.05, 0.1) is 0 Å². The van der Waals surface area contributed by atoms with Gasteiger partial charge in [-0.1, -0.05) is 69.3 Å². The Kier molecular flexibility index (Phi) is 3.38. The average Bonchev–Trinajstić information content (AvgIpc) is 3.11. The first kappa shape index (κ1) is 16.1. The van der Waals surface area contributed by atoms with Gasteiger partial charge in [-0.3, -0.25) is 0 Å². The van der Waals surface area contributed by atoms with Gasteiger partial charge in [0.2, 0.25) is 5.89 Å². The Balaban J connectivity index is 1.87. The van der Waals surface area contributed by atoms with Gasteiger partial charge in [0.15, 0.2) is 5.58 Å². The lowest BCUT2D eigenvalue weighted by Gasteiger charge is -2.20. The van der Waals surface area contributed by atoms with E-state index in [1.165, 1.54) is 27.1 Å². The van der Waals surface area contributed by atoms with Crippen molar-refractivity contribution >= 4 is 32.6 Å². The Bertz CT molecular complexity index is 1290. The van der Waals surface area contributed by atoms with Crippen LogP contribution in [0.1, 0.15) is 26.3 Å². The highest BCUT2D eigenvalue weighted by molar-refractivity contribution is 6.18. The zero-order valence-corrected chi connectivity index (χ0v) is 15.8. The highest BCUT2D eigenvalue weighted by atomic mass is 16.3. The molecule has 4 aromatic carbocycles. The Morgan fingerprint density at radius 1 is 0.778 bits per heavy atom. The number of aromatic nitrogens is 1. The van der Waals surface area contributed by atoms with Crippen LogP contribution in [-0.4, -0.2) is 4.98 Å². The molecule has 1 aromatic heterocycles. The molecule has 5 rings (SSSR count). The predicted octanol–water partition coefficient (Wildman–Crippen LogP) is 7.10. The lowest BCUT2D eigenvalue weighted by Crippen LogP contribution is -2.10. The molecule has 27 heavy (non-hydrogen) atoms. The summed E-state index contributed by atoms with van der Waals surface area (Å²) in [5.41, 5.74) is 4.19. The second-order valence-electron chi connectivity index (χ2n) is 8.15. The van der Waals surface area contributed by atoms with Crippen molar-refractivity contribution in [2.45, 2.75) is 26.2 Å². The van der Waals surface area contributed by atoms with Gasteiger partial charge >= 0.3 is 0 Å². The van der Waals surface area contributed by atoms with Crippen molar-refractivity contribution in [1.82, 2.24) is 4.98 Å². The van der Waals surface area contributed by atoms with Gasteiger partial charge in [-0.25, -0.2) is 4.98 Å². The van der Waals surface area contributed by atoms with E-state index < -0.39 is 0 Å². The summed E-state index contributed by atoms with van der Waals surface area (Å²) in [4.78, 5) is 4.89. The van der Waals surface area contributed by atoms with E-state index in [-0.39, 0.29) is 5.41 Å². The summed E-state index contributed by atoms with van der Waals surface area (Å²) in [7, 11) is 0. The second-order valence-corrected chi connectivity index (χ2v) is 8.15. The van der Waals surface area contributed by atoms with Crippen LogP contribution in [-0.2, 0) is 5.41 Å². The van der Waals surface area contributed by atoms with E-state index in [0.29, 0.717) is 5.89 Å². The summed E-state index contributed by atoms with van der Waals surface area (Å²) in [6, 6.07) is 25.3. The Morgan fingerprint density at radius 3 is 2.26 bits per heavy atom. The van der Waals surface area contributed by atoms with Crippen molar-refractivity contribution in [1.29, 1.82) is 0 Å². The van der Waals surface area contributed by atoms with Crippen molar-refractivity contribution in [3.63, 3.8) is 0 Å². The molecule has 0 spiro atoms. The molecule has 1 heterocycles. The van der Waals surface area contributed by atoms with Crippen LogP contribution >= 0.6 is 0 Å². The molecule has 0 fully saturated rings. The van der Waals surface area contributed by atoms with Crippen LogP contribution in [0.2, 0.25) is 0 Å². The average molecular weight is 351 g/mol. The first-order valence-corrected chi connectivity index (χ1v) is 9.33. The Hall–Kier alpha value is -3.13. The summed E-state index contributed by atoms with van der Waals surface area (Å²) in [5.74, 6) is 0.669. The fourth-order valence-electron chi connectivity index (χ4n) is 3.70. The minimum absolute atomic E-state index is 0.100. The van der Waals surface area contributed by atoms with Crippen molar-refractivity contribution < 1.29 is 4.42 Å². The first-order chi connectivity index (χ1) is 13.0. The fourth-order valence-corrected chi connectivity index (χ4v) is 3.70. The third-order valence-electron chi connectivity index (χ3n) is 5.24.